The van der Waals surface area contributed by atoms with Gasteiger partial charge >= 0.3 is 5.97 Å². The molecule has 0 N–H and O–H groups in total. The van der Waals surface area contributed by atoms with Crippen molar-refractivity contribution in [3.63, 3.8) is 0 Å². The van der Waals surface area contributed by atoms with Crippen molar-refractivity contribution in [2.24, 2.45) is 0 Å². The Morgan fingerprint density at radius 1 is 1.29 bits per heavy atom. The fourth-order valence-corrected chi connectivity index (χ4v) is 3.08. The van der Waals surface area contributed by atoms with E-state index in [2.05, 4.69) is 31.9 Å². The quantitative estimate of drug-likeness (QED) is 0.605. The molecule has 0 spiro atoms. The van der Waals surface area contributed by atoms with Crippen LogP contribution in [-0.4, -0.2) is 27.3 Å². The van der Waals surface area contributed by atoms with E-state index in [9.17, 15) is 4.79 Å². The SMILES string of the molecule is COC(=O)c1cc(OC)c(OC)c(Br)c1CBr. The molecule has 0 radical (unpaired) electrons. The fourth-order valence-electron chi connectivity index (χ4n) is 1.41. The third-order valence-electron chi connectivity index (χ3n) is 2.25. The number of methoxy groups -OCH3 is 3. The van der Waals surface area contributed by atoms with E-state index in [1.807, 2.05) is 0 Å². The molecule has 0 saturated heterocycles. The standard InChI is InChI=1S/C11H12Br2O4/c1-15-8-4-6(11(14)17-3)7(5-12)9(13)10(8)16-2/h4H,5H2,1-3H3. The predicted molar refractivity (Wildman–Crippen MR) is 71.2 cm³/mol. The summed E-state index contributed by atoms with van der Waals surface area (Å²) in [7, 11) is 4.39. The van der Waals surface area contributed by atoms with Crippen LogP contribution in [0.25, 0.3) is 0 Å². The van der Waals surface area contributed by atoms with Gasteiger partial charge in [0.1, 0.15) is 0 Å². The summed E-state index contributed by atoms with van der Waals surface area (Å²) < 4.78 is 15.8. The van der Waals surface area contributed by atoms with Gasteiger partial charge in [-0.2, -0.15) is 0 Å². The van der Waals surface area contributed by atoms with Gasteiger partial charge in [0.25, 0.3) is 0 Å². The van der Waals surface area contributed by atoms with Gasteiger partial charge in [0, 0.05) is 5.33 Å². The Kier molecular flexibility index (Phi) is 5.27. The molecule has 17 heavy (non-hydrogen) atoms. The largest absolute Gasteiger partial charge is 0.493 e. The van der Waals surface area contributed by atoms with E-state index < -0.39 is 5.97 Å². The highest BCUT2D eigenvalue weighted by Crippen LogP contribution is 2.40. The van der Waals surface area contributed by atoms with Crippen LogP contribution < -0.4 is 9.47 Å². The molecule has 1 aromatic carbocycles. The number of hydrogen-bond donors (Lipinski definition) is 0. The van der Waals surface area contributed by atoms with Gasteiger partial charge < -0.3 is 14.2 Å². The second-order valence-electron chi connectivity index (χ2n) is 3.08. The first-order valence-electron chi connectivity index (χ1n) is 4.68. The minimum Gasteiger partial charge on any atom is -0.493 e. The zero-order valence-electron chi connectivity index (χ0n) is 9.67. The van der Waals surface area contributed by atoms with Crippen molar-refractivity contribution in [1.82, 2.24) is 0 Å². The van der Waals surface area contributed by atoms with Crippen LogP contribution in [0.4, 0.5) is 0 Å². The van der Waals surface area contributed by atoms with E-state index >= 15 is 0 Å². The second-order valence-corrected chi connectivity index (χ2v) is 4.43. The molecule has 0 aliphatic rings. The number of esters is 1. The summed E-state index contributed by atoms with van der Waals surface area (Å²) in [5.41, 5.74) is 1.20. The smallest absolute Gasteiger partial charge is 0.338 e. The first kappa shape index (κ1) is 14.3. The minimum atomic E-state index is -0.416. The number of ether oxygens (including phenoxy) is 3. The number of rotatable bonds is 4. The monoisotopic (exact) mass is 366 g/mol. The fraction of sp³-hybridized carbons (Fsp3) is 0.364. The van der Waals surface area contributed by atoms with Crippen molar-refractivity contribution in [2.45, 2.75) is 5.33 Å². The Morgan fingerprint density at radius 3 is 2.35 bits per heavy atom. The van der Waals surface area contributed by atoms with Crippen molar-refractivity contribution >= 4 is 37.8 Å². The second kappa shape index (κ2) is 6.26. The van der Waals surface area contributed by atoms with Gasteiger partial charge in [-0.15, -0.1) is 0 Å². The number of carbonyl (C=O) groups is 1. The van der Waals surface area contributed by atoms with Gasteiger partial charge in [-0.05, 0) is 27.6 Å². The molecule has 0 amide bonds. The van der Waals surface area contributed by atoms with E-state index in [-0.39, 0.29) is 0 Å². The molecule has 0 fully saturated rings. The average Bonchev–Trinajstić information content (AvgIpc) is 2.36. The molecule has 0 saturated carbocycles. The normalized spacial score (nSPS) is 9.94. The van der Waals surface area contributed by atoms with Gasteiger partial charge in [-0.25, -0.2) is 4.79 Å². The first-order valence-corrected chi connectivity index (χ1v) is 6.59. The summed E-state index contributed by atoms with van der Waals surface area (Å²) in [6, 6.07) is 1.60. The van der Waals surface area contributed by atoms with Crippen LogP contribution in [0.5, 0.6) is 11.5 Å². The molecular weight excluding hydrogens is 356 g/mol. The molecule has 1 rings (SSSR count). The van der Waals surface area contributed by atoms with Gasteiger partial charge in [0.05, 0.1) is 31.4 Å². The van der Waals surface area contributed by atoms with Gasteiger partial charge in [0.15, 0.2) is 11.5 Å². The Balaban J connectivity index is 3.50. The number of halogens is 2. The van der Waals surface area contributed by atoms with Gasteiger partial charge in [-0.3, -0.25) is 0 Å². The Hall–Kier alpha value is -0.750. The zero-order valence-corrected chi connectivity index (χ0v) is 12.8. The molecule has 0 atom stereocenters. The van der Waals surface area contributed by atoms with E-state index in [0.29, 0.717) is 26.9 Å². The Bertz CT molecular complexity index is 432. The van der Waals surface area contributed by atoms with Crippen LogP contribution in [0.3, 0.4) is 0 Å². The van der Waals surface area contributed by atoms with Crippen molar-refractivity contribution in [2.75, 3.05) is 21.3 Å². The minimum absolute atomic E-state index is 0.416. The summed E-state index contributed by atoms with van der Waals surface area (Å²) in [4.78, 5) is 11.7. The molecule has 0 heterocycles. The van der Waals surface area contributed by atoms with Crippen molar-refractivity contribution < 1.29 is 19.0 Å². The summed E-state index contributed by atoms with van der Waals surface area (Å²) in [5.74, 6) is 0.611. The molecular formula is C11H12Br2O4. The van der Waals surface area contributed by atoms with Crippen molar-refractivity contribution in [3.8, 4) is 11.5 Å². The summed E-state index contributed by atoms with van der Waals surface area (Å²) in [5, 5.41) is 0.498. The van der Waals surface area contributed by atoms with Crippen LogP contribution >= 0.6 is 31.9 Å². The van der Waals surface area contributed by atoms with Crippen LogP contribution in [0.2, 0.25) is 0 Å². The van der Waals surface area contributed by atoms with E-state index in [4.69, 9.17) is 14.2 Å². The summed E-state index contributed by atoms with van der Waals surface area (Å²) >= 11 is 6.73. The Labute approximate surface area is 116 Å². The maximum Gasteiger partial charge on any atom is 0.338 e. The zero-order chi connectivity index (χ0) is 13.0. The van der Waals surface area contributed by atoms with Gasteiger partial charge in [0.2, 0.25) is 0 Å². The van der Waals surface area contributed by atoms with Crippen LogP contribution in [-0.2, 0) is 10.1 Å². The number of benzene rings is 1. The molecule has 0 aromatic heterocycles. The third kappa shape index (κ3) is 2.74. The van der Waals surface area contributed by atoms with E-state index in [0.717, 1.165) is 5.56 Å². The third-order valence-corrected chi connectivity index (χ3v) is 3.65. The Morgan fingerprint density at radius 2 is 1.94 bits per heavy atom. The number of hydrogen-bond acceptors (Lipinski definition) is 4. The van der Waals surface area contributed by atoms with Crippen LogP contribution in [0.1, 0.15) is 15.9 Å². The lowest BCUT2D eigenvalue weighted by atomic mass is 10.1. The lowest BCUT2D eigenvalue weighted by Gasteiger charge is -2.15. The highest BCUT2D eigenvalue weighted by molar-refractivity contribution is 9.11. The molecule has 0 unspecified atom stereocenters. The topological polar surface area (TPSA) is 44.8 Å². The van der Waals surface area contributed by atoms with Crippen molar-refractivity contribution in [1.29, 1.82) is 0 Å². The highest BCUT2D eigenvalue weighted by Gasteiger charge is 2.21. The molecule has 1 aromatic rings. The molecule has 0 aliphatic carbocycles. The lowest BCUT2D eigenvalue weighted by Crippen LogP contribution is -2.07. The number of alkyl halides is 1. The summed E-state index contributed by atoms with van der Waals surface area (Å²) in [6.45, 7) is 0. The van der Waals surface area contributed by atoms with E-state index in [1.165, 1.54) is 14.2 Å². The molecule has 4 nitrogen and oxygen atoms in total. The highest BCUT2D eigenvalue weighted by atomic mass is 79.9. The molecule has 6 heteroatoms. The summed E-state index contributed by atoms with van der Waals surface area (Å²) in [6.07, 6.45) is 0. The lowest BCUT2D eigenvalue weighted by molar-refractivity contribution is 0.0599. The van der Waals surface area contributed by atoms with Gasteiger partial charge in [-0.1, -0.05) is 15.9 Å². The van der Waals surface area contributed by atoms with Crippen LogP contribution in [0, 0.1) is 0 Å². The average molecular weight is 368 g/mol. The molecule has 0 bridgehead atoms. The maximum absolute atomic E-state index is 11.7. The first-order chi connectivity index (χ1) is 8.10. The maximum atomic E-state index is 11.7. The molecule has 0 aliphatic heterocycles. The van der Waals surface area contributed by atoms with E-state index in [1.54, 1.807) is 13.2 Å². The predicted octanol–water partition coefficient (Wildman–Crippen LogP) is 3.15. The van der Waals surface area contributed by atoms with Crippen LogP contribution in [0.15, 0.2) is 10.5 Å². The number of carbonyl (C=O) groups excluding carboxylic acids is 1. The molecule has 94 valence electrons. The van der Waals surface area contributed by atoms with Crippen molar-refractivity contribution in [3.05, 3.63) is 21.7 Å².